The van der Waals surface area contributed by atoms with Crippen LogP contribution in [0.4, 0.5) is 23.7 Å². The second-order valence-corrected chi connectivity index (χ2v) is 5.10. The van der Waals surface area contributed by atoms with E-state index < -0.39 is 37.3 Å². The SMILES string of the molecule is [2H]C([2H])([2H])COC(=O)N1c2ccc(C(F)(F)F)cc2C(N)CC1CC. The van der Waals surface area contributed by atoms with Crippen molar-refractivity contribution in [3.8, 4) is 0 Å². The first-order valence-corrected chi connectivity index (χ1v) is 6.86. The van der Waals surface area contributed by atoms with Crippen molar-refractivity contribution in [2.45, 2.75) is 44.9 Å². The van der Waals surface area contributed by atoms with Gasteiger partial charge in [0.2, 0.25) is 0 Å². The summed E-state index contributed by atoms with van der Waals surface area (Å²) >= 11 is 0. The van der Waals surface area contributed by atoms with Gasteiger partial charge in [-0.2, -0.15) is 13.2 Å². The molecular formula is C15H19F3N2O2. The summed E-state index contributed by atoms with van der Waals surface area (Å²) in [4.78, 5) is 13.6. The molecule has 7 heteroatoms. The van der Waals surface area contributed by atoms with Crippen LogP contribution in [0.3, 0.4) is 0 Å². The first-order chi connectivity index (χ1) is 11.4. The average Bonchev–Trinajstić information content (AvgIpc) is 2.50. The fourth-order valence-corrected chi connectivity index (χ4v) is 2.70. The topological polar surface area (TPSA) is 55.6 Å². The van der Waals surface area contributed by atoms with E-state index in [-0.39, 0.29) is 23.7 Å². The van der Waals surface area contributed by atoms with E-state index in [1.54, 1.807) is 6.92 Å². The molecule has 1 aromatic carbocycles. The van der Waals surface area contributed by atoms with Gasteiger partial charge in [0.05, 0.1) is 17.9 Å². The number of nitrogens with zero attached hydrogens (tertiary/aromatic N) is 1. The Hall–Kier alpha value is -1.76. The molecule has 2 atom stereocenters. The highest BCUT2D eigenvalue weighted by molar-refractivity contribution is 5.90. The fraction of sp³-hybridized carbons (Fsp3) is 0.533. The smallest absolute Gasteiger partial charge is 0.416 e. The fourth-order valence-electron chi connectivity index (χ4n) is 2.70. The Morgan fingerprint density at radius 1 is 1.55 bits per heavy atom. The van der Waals surface area contributed by atoms with E-state index >= 15 is 0 Å². The summed E-state index contributed by atoms with van der Waals surface area (Å²) < 4.78 is 64.9. The van der Waals surface area contributed by atoms with Crippen LogP contribution in [0.2, 0.25) is 0 Å². The van der Waals surface area contributed by atoms with Gasteiger partial charge >= 0.3 is 12.3 Å². The van der Waals surface area contributed by atoms with E-state index in [9.17, 15) is 18.0 Å². The van der Waals surface area contributed by atoms with Gasteiger partial charge in [0, 0.05) is 16.2 Å². The molecule has 0 saturated carbocycles. The average molecular weight is 319 g/mol. The maximum absolute atomic E-state index is 12.9. The lowest BCUT2D eigenvalue weighted by atomic mass is 9.89. The van der Waals surface area contributed by atoms with Gasteiger partial charge in [-0.05, 0) is 43.5 Å². The van der Waals surface area contributed by atoms with Gasteiger partial charge < -0.3 is 10.5 Å². The lowest BCUT2D eigenvalue weighted by Gasteiger charge is -2.39. The Labute approximate surface area is 131 Å². The molecule has 2 rings (SSSR count). The normalized spacial score (nSPS) is 24.0. The molecule has 0 radical (unpaired) electrons. The lowest BCUT2D eigenvalue weighted by Crippen LogP contribution is -2.46. The molecule has 1 aliphatic rings. The highest BCUT2D eigenvalue weighted by Gasteiger charge is 2.37. The second kappa shape index (κ2) is 6.16. The molecule has 2 N–H and O–H groups in total. The van der Waals surface area contributed by atoms with E-state index in [1.165, 1.54) is 11.0 Å². The molecule has 0 saturated heterocycles. The number of ether oxygens (including phenoxy) is 1. The first-order valence-electron chi connectivity index (χ1n) is 8.36. The zero-order chi connectivity index (χ0) is 19.0. The van der Waals surface area contributed by atoms with Crippen LogP contribution in [0, 0.1) is 0 Å². The number of alkyl halides is 3. The molecule has 22 heavy (non-hydrogen) atoms. The van der Waals surface area contributed by atoms with Crippen molar-refractivity contribution in [3.05, 3.63) is 29.3 Å². The van der Waals surface area contributed by atoms with Crippen molar-refractivity contribution in [2.75, 3.05) is 11.5 Å². The molecule has 0 bridgehead atoms. The monoisotopic (exact) mass is 319 g/mol. The minimum atomic E-state index is -4.52. The molecule has 122 valence electrons. The Bertz CT molecular complexity index is 650. The number of hydrogen-bond donors (Lipinski definition) is 1. The van der Waals surface area contributed by atoms with E-state index in [1.807, 2.05) is 0 Å². The molecule has 1 heterocycles. The summed E-state index contributed by atoms with van der Waals surface area (Å²) in [6.45, 7) is -1.43. The Kier molecular flexibility index (Phi) is 3.57. The van der Waals surface area contributed by atoms with E-state index in [0.29, 0.717) is 6.42 Å². The number of rotatable bonds is 2. The Morgan fingerprint density at radius 2 is 2.27 bits per heavy atom. The van der Waals surface area contributed by atoms with Crippen molar-refractivity contribution in [3.63, 3.8) is 0 Å². The van der Waals surface area contributed by atoms with Crippen LogP contribution in [0.1, 0.15) is 47.9 Å². The molecule has 4 nitrogen and oxygen atoms in total. The van der Waals surface area contributed by atoms with Crippen molar-refractivity contribution in [1.82, 2.24) is 0 Å². The van der Waals surface area contributed by atoms with Crippen LogP contribution in [0.5, 0.6) is 0 Å². The Balaban J connectivity index is 2.39. The van der Waals surface area contributed by atoms with Gasteiger partial charge in [-0.3, -0.25) is 4.90 Å². The van der Waals surface area contributed by atoms with Crippen molar-refractivity contribution in [1.29, 1.82) is 0 Å². The largest absolute Gasteiger partial charge is 0.449 e. The molecule has 1 aromatic rings. The van der Waals surface area contributed by atoms with Crippen LogP contribution in [-0.4, -0.2) is 18.7 Å². The molecule has 0 aromatic heterocycles. The van der Waals surface area contributed by atoms with Crippen molar-refractivity contribution in [2.24, 2.45) is 5.73 Å². The van der Waals surface area contributed by atoms with Crippen LogP contribution >= 0.6 is 0 Å². The molecule has 1 aliphatic heterocycles. The van der Waals surface area contributed by atoms with E-state index in [4.69, 9.17) is 14.6 Å². The number of carbonyl (C=O) groups is 1. The molecule has 0 aliphatic carbocycles. The number of carbonyl (C=O) groups excluding carboxylic acids is 1. The summed E-state index contributed by atoms with van der Waals surface area (Å²) in [5.41, 5.74) is 5.54. The summed E-state index contributed by atoms with van der Waals surface area (Å²) in [6.07, 6.45) is -4.68. The highest BCUT2D eigenvalue weighted by Crippen LogP contribution is 2.40. The molecular weight excluding hydrogens is 297 g/mol. The van der Waals surface area contributed by atoms with Crippen molar-refractivity contribution >= 4 is 11.8 Å². The van der Waals surface area contributed by atoms with Gasteiger partial charge in [-0.15, -0.1) is 0 Å². The number of benzene rings is 1. The van der Waals surface area contributed by atoms with E-state index in [0.717, 1.165) is 12.1 Å². The maximum Gasteiger partial charge on any atom is 0.416 e. The third-order valence-electron chi connectivity index (χ3n) is 3.77. The van der Waals surface area contributed by atoms with Gasteiger partial charge in [0.1, 0.15) is 0 Å². The van der Waals surface area contributed by atoms with Gasteiger partial charge in [-0.1, -0.05) is 6.92 Å². The van der Waals surface area contributed by atoms with Crippen LogP contribution in [0.25, 0.3) is 0 Å². The molecule has 1 amide bonds. The standard InChI is InChI=1S/C15H19F3N2O2/c1-3-10-8-12(19)11-7-9(15(16,17)18)5-6-13(11)20(10)14(21)22-4-2/h5-7,10,12H,3-4,8,19H2,1-2H3/i2D3. The number of fused-ring (bicyclic) bond motifs is 1. The summed E-state index contributed by atoms with van der Waals surface area (Å²) in [6, 6.07) is 1.93. The number of nitrogens with two attached hydrogens (primary N) is 1. The van der Waals surface area contributed by atoms with Crippen LogP contribution in [-0.2, 0) is 10.9 Å². The zero-order valence-corrected chi connectivity index (χ0v) is 12.0. The number of amides is 1. The maximum atomic E-state index is 12.9. The third kappa shape index (κ3) is 3.04. The van der Waals surface area contributed by atoms with Gasteiger partial charge in [0.25, 0.3) is 0 Å². The summed E-state index contributed by atoms with van der Waals surface area (Å²) in [7, 11) is 0. The van der Waals surface area contributed by atoms with Crippen LogP contribution < -0.4 is 10.6 Å². The molecule has 2 unspecified atom stereocenters. The number of halogens is 3. The predicted molar refractivity (Wildman–Crippen MR) is 76.6 cm³/mol. The summed E-state index contributed by atoms with van der Waals surface area (Å²) in [5, 5.41) is 0. The number of hydrogen-bond acceptors (Lipinski definition) is 3. The quantitative estimate of drug-likeness (QED) is 0.901. The third-order valence-corrected chi connectivity index (χ3v) is 3.77. The Morgan fingerprint density at radius 3 is 2.86 bits per heavy atom. The predicted octanol–water partition coefficient (Wildman–Crippen LogP) is 3.85. The van der Waals surface area contributed by atoms with Gasteiger partial charge in [-0.25, -0.2) is 4.79 Å². The zero-order valence-electron chi connectivity index (χ0n) is 15.0. The number of anilines is 1. The lowest BCUT2D eigenvalue weighted by molar-refractivity contribution is -0.137. The molecule has 0 spiro atoms. The van der Waals surface area contributed by atoms with Crippen molar-refractivity contribution < 1.29 is 26.8 Å². The minimum absolute atomic E-state index is 0.186. The molecule has 0 fully saturated rings. The van der Waals surface area contributed by atoms with Gasteiger partial charge in [0.15, 0.2) is 0 Å². The summed E-state index contributed by atoms with van der Waals surface area (Å²) in [5.74, 6) is 0. The highest BCUT2D eigenvalue weighted by atomic mass is 19.4. The first kappa shape index (κ1) is 12.8. The minimum Gasteiger partial charge on any atom is -0.449 e. The van der Waals surface area contributed by atoms with E-state index in [2.05, 4.69) is 0 Å². The second-order valence-electron chi connectivity index (χ2n) is 5.10. The van der Waals surface area contributed by atoms with Crippen LogP contribution in [0.15, 0.2) is 18.2 Å².